The Morgan fingerprint density at radius 3 is 2.88 bits per heavy atom. The molecule has 0 saturated carbocycles. The Morgan fingerprint density at radius 1 is 1.54 bits per heavy atom. The number of carboxylic acid groups (broad SMARTS) is 1. The van der Waals surface area contributed by atoms with Crippen LogP contribution >= 0.6 is 11.6 Å². The number of aliphatic carboxylic acids is 1. The zero-order valence-corrected chi connectivity index (χ0v) is 13.3. The van der Waals surface area contributed by atoms with E-state index in [1.807, 2.05) is 0 Å². The quantitative estimate of drug-likeness (QED) is 0.360. The van der Waals surface area contributed by atoms with E-state index in [0.717, 1.165) is 0 Å². The Labute approximate surface area is 141 Å². The minimum atomic E-state index is -1.66. The lowest BCUT2D eigenvalue weighted by Gasteiger charge is -2.22. The SMILES string of the molecule is CO[C@H]1C[C@H](N=[N+]=[N-])[C@@H]([C@H](OC(=O)c2cccc(Cl)c2)C(=O)O)O1. The maximum absolute atomic E-state index is 12.1. The lowest BCUT2D eigenvalue weighted by atomic mass is 10.1. The lowest BCUT2D eigenvalue weighted by molar-refractivity contribution is -0.168. The predicted octanol–water partition coefficient (Wildman–Crippen LogP) is 2.39. The van der Waals surface area contributed by atoms with Crippen molar-refractivity contribution in [3.8, 4) is 0 Å². The topological polar surface area (TPSA) is 131 Å². The molecule has 1 aliphatic rings. The Balaban J connectivity index is 2.21. The van der Waals surface area contributed by atoms with Crippen molar-refractivity contribution < 1.29 is 28.9 Å². The third-order valence-electron chi connectivity index (χ3n) is 3.42. The van der Waals surface area contributed by atoms with Gasteiger partial charge >= 0.3 is 11.9 Å². The van der Waals surface area contributed by atoms with E-state index in [9.17, 15) is 14.7 Å². The Morgan fingerprint density at radius 2 is 2.29 bits per heavy atom. The molecule has 0 spiro atoms. The van der Waals surface area contributed by atoms with Crippen LogP contribution < -0.4 is 0 Å². The maximum atomic E-state index is 12.1. The summed E-state index contributed by atoms with van der Waals surface area (Å²) in [5.41, 5.74) is 8.70. The number of ether oxygens (including phenoxy) is 3. The monoisotopic (exact) mass is 355 g/mol. The number of carboxylic acids is 1. The summed E-state index contributed by atoms with van der Waals surface area (Å²) in [6, 6.07) is 5.04. The number of carbonyl (C=O) groups is 2. The summed E-state index contributed by atoms with van der Waals surface area (Å²) in [5, 5.41) is 13.2. The fourth-order valence-corrected chi connectivity index (χ4v) is 2.50. The average molecular weight is 356 g/mol. The van der Waals surface area contributed by atoms with E-state index in [4.69, 9.17) is 31.3 Å². The van der Waals surface area contributed by atoms with Crippen molar-refractivity contribution in [3.05, 3.63) is 45.3 Å². The van der Waals surface area contributed by atoms with Gasteiger partial charge in [-0.05, 0) is 23.7 Å². The first-order valence-corrected chi connectivity index (χ1v) is 7.26. The molecule has 0 unspecified atom stereocenters. The van der Waals surface area contributed by atoms with Gasteiger partial charge in [-0.1, -0.05) is 22.8 Å². The molecule has 1 saturated heterocycles. The van der Waals surface area contributed by atoms with Crippen LogP contribution in [0.5, 0.6) is 0 Å². The molecular formula is C14H14ClN3O6. The third kappa shape index (κ3) is 4.15. The number of nitrogens with zero attached hydrogens (tertiary/aromatic N) is 3. The Kier molecular flexibility index (Phi) is 5.99. The summed E-state index contributed by atoms with van der Waals surface area (Å²) in [7, 11) is 1.37. The summed E-state index contributed by atoms with van der Waals surface area (Å²) >= 11 is 5.80. The fourth-order valence-electron chi connectivity index (χ4n) is 2.31. The number of hydrogen-bond acceptors (Lipinski definition) is 6. The van der Waals surface area contributed by atoms with E-state index >= 15 is 0 Å². The molecule has 1 heterocycles. The van der Waals surface area contributed by atoms with Crippen LogP contribution in [0, 0.1) is 0 Å². The van der Waals surface area contributed by atoms with Gasteiger partial charge < -0.3 is 19.3 Å². The molecular weight excluding hydrogens is 342 g/mol. The summed E-state index contributed by atoms with van der Waals surface area (Å²) in [4.78, 5) is 26.3. The predicted molar refractivity (Wildman–Crippen MR) is 81.5 cm³/mol. The molecule has 24 heavy (non-hydrogen) atoms. The van der Waals surface area contributed by atoms with Crippen LogP contribution in [0.2, 0.25) is 5.02 Å². The number of rotatable bonds is 6. The fraction of sp³-hybridized carbons (Fsp3) is 0.429. The van der Waals surface area contributed by atoms with E-state index in [1.54, 1.807) is 6.07 Å². The van der Waals surface area contributed by atoms with Crippen LogP contribution in [0.15, 0.2) is 29.4 Å². The number of benzene rings is 1. The van der Waals surface area contributed by atoms with Crippen molar-refractivity contribution in [2.24, 2.45) is 5.11 Å². The summed E-state index contributed by atoms with van der Waals surface area (Å²) in [6.45, 7) is 0. The van der Waals surface area contributed by atoms with Gasteiger partial charge in [0.2, 0.25) is 6.10 Å². The second-order valence-electron chi connectivity index (χ2n) is 4.95. The van der Waals surface area contributed by atoms with Crippen LogP contribution in [-0.2, 0) is 19.0 Å². The number of methoxy groups -OCH3 is 1. The number of azide groups is 1. The molecule has 0 amide bonds. The molecule has 4 atom stereocenters. The second-order valence-corrected chi connectivity index (χ2v) is 5.38. The third-order valence-corrected chi connectivity index (χ3v) is 3.66. The maximum Gasteiger partial charge on any atom is 0.347 e. The van der Waals surface area contributed by atoms with Crippen LogP contribution in [0.3, 0.4) is 0 Å². The van der Waals surface area contributed by atoms with E-state index in [0.29, 0.717) is 5.02 Å². The summed E-state index contributed by atoms with van der Waals surface area (Å²) < 4.78 is 15.4. The van der Waals surface area contributed by atoms with Crippen molar-refractivity contribution in [3.63, 3.8) is 0 Å². The van der Waals surface area contributed by atoms with Crippen LogP contribution in [0.1, 0.15) is 16.8 Å². The van der Waals surface area contributed by atoms with Gasteiger partial charge in [0.25, 0.3) is 0 Å². The summed E-state index contributed by atoms with van der Waals surface area (Å²) in [6.07, 6.45) is -3.42. The highest BCUT2D eigenvalue weighted by Crippen LogP contribution is 2.28. The standard InChI is InChI=1S/C14H14ClN3O6/c1-22-10-6-9(17-18-16)11(23-10)12(13(19)20)24-14(21)7-3-2-4-8(15)5-7/h2-5,9-12H,6H2,1H3,(H,19,20)/t9-,10+,11-,12-/m0/s1. The average Bonchev–Trinajstić information content (AvgIpc) is 2.95. The molecule has 1 N–H and O–H groups in total. The number of esters is 1. The Hall–Kier alpha value is -2.32. The van der Waals surface area contributed by atoms with Gasteiger partial charge in [-0.2, -0.15) is 0 Å². The normalized spacial score (nSPS) is 24.0. The van der Waals surface area contributed by atoms with Crippen molar-refractivity contribution in [1.29, 1.82) is 0 Å². The van der Waals surface area contributed by atoms with Gasteiger partial charge in [-0.25, -0.2) is 9.59 Å². The molecule has 1 aromatic rings. The van der Waals surface area contributed by atoms with E-state index in [-0.39, 0.29) is 12.0 Å². The highest BCUT2D eigenvalue weighted by atomic mass is 35.5. The first kappa shape index (κ1) is 18.0. The number of carbonyl (C=O) groups excluding carboxylic acids is 1. The highest BCUT2D eigenvalue weighted by Gasteiger charge is 2.45. The number of halogens is 1. The first-order chi connectivity index (χ1) is 11.5. The van der Waals surface area contributed by atoms with Gasteiger partial charge in [-0.3, -0.25) is 0 Å². The van der Waals surface area contributed by atoms with Crippen LogP contribution in [-0.4, -0.2) is 48.7 Å². The van der Waals surface area contributed by atoms with Crippen LogP contribution in [0.4, 0.5) is 0 Å². The minimum Gasteiger partial charge on any atom is -0.478 e. The summed E-state index contributed by atoms with van der Waals surface area (Å²) in [5.74, 6) is -2.31. The van der Waals surface area contributed by atoms with Gasteiger partial charge in [0, 0.05) is 23.5 Å². The molecule has 1 aromatic carbocycles. The van der Waals surface area contributed by atoms with Gasteiger partial charge in [0.15, 0.2) is 6.29 Å². The van der Waals surface area contributed by atoms with E-state index in [2.05, 4.69) is 10.0 Å². The van der Waals surface area contributed by atoms with Gasteiger partial charge in [0.05, 0.1) is 11.6 Å². The van der Waals surface area contributed by atoms with Gasteiger partial charge in [-0.15, -0.1) is 0 Å². The Bertz CT molecular complexity index is 678. The zero-order chi connectivity index (χ0) is 17.7. The molecule has 0 aromatic heterocycles. The second kappa shape index (κ2) is 7.98. The molecule has 128 valence electrons. The zero-order valence-electron chi connectivity index (χ0n) is 12.5. The van der Waals surface area contributed by atoms with Crippen molar-refractivity contribution in [1.82, 2.24) is 0 Å². The lowest BCUT2D eigenvalue weighted by Crippen LogP contribution is -2.43. The first-order valence-electron chi connectivity index (χ1n) is 6.88. The van der Waals surface area contributed by atoms with E-state index in [1.165, 1.54) is 25.3 Å². The number of hydrogen-bond donors (Lipinski definition) is 1. The molecule has 2 rings (SSSR count). The van der Waals surface area contributed by atoms with Crippen molar-refractivity contribution in [2.75, 3.05) is 7.11 Å². The van der Waals surface area contributed by atoms with Crippen molar-refractivity contribution in [2.45, 2.75) is 31.0 Å². The van der Waals surface area contributed by atoms with Crippen molar-refractivity contribution >= 4 is 23.5 Å². The molecule has 1 aliphatic heterocycles. The van der Waals surface area contributed by atoms with E-state index < -0.39 is 36.5 Å². The molecule has 0 aliphatic carbocycles. The molecule has 0 bridgehead atoms. The minimum absolute atomic E-state index is 0.0929. The molecule has 10 heteroatoms. The van der Waals surface area contributed by atoms with Gasteiger partial charge in [0.1, 0.15) is 6.10 Å². The largest absolute Gasteiger partial charge is 0.478 e. The smallest absolute Gasteiger partial charge is 0.347 e. The molecule has 9 nitrogen and oxygen atoms in total. The van der Waals surface area contributed by atoms with Crippen LogP contribution in [0.25, 0.3) is 10.4 Å². The molecule has 0 radical (unpaired) electrons. The molecule has 1 fully saturated rings. The highest BCUT2D eigenvalue weighted by molar-refractivity contribution is 6.30.